The summed E-state index contributed by atoms with van der Waals surface area (Å²) in [6, 6.07) is 2.08. The first kappa shape index (κ1) is 11.9. The van der Waals surface area contributed by atoms with Gasteiger partial charge in [-0.15, -0.1) is 0 Å². The highest BCUT2D eigenvalue weighted by atomic mass is 14.9. The molecule has 0 bridgehead atoms. The highest BCUT2D eigenvalue weighted by Crippen LogP contribution is 1.75. The van der Waals surface area contributed by atoms with Crippen LogP contribution in [0.5, 0.6) is 0 Å². The lowest BCUT2D eigenvalue weighted by Crippen LogP contribution is -2.23. The Kier molecular flexibility index (Phi) is 9.98. The van der Waals surface area contributed by atoms with Crippen LogP contribution in [0.15, 0.2) is 0 Å². The van der Waals surface area contributed by atoms with E-state index in [0.717, 1.165) is 32.6 Å². The summed E-state index contributed by atoms with van der Waals surface area (Å²) >= 11 is 0. The van der Waals surface area contributed by atoms with Gasteiger partial charge in [0.05, 0.1) is 12.6 Å². The van der Waals surface area contributed by atoms with E-state index in [0.29, 0.717) is 13.0 Å². The van der Waals surface area contributed by atoms with Crippen LogP contribution < -0.4 is 10.6 Å². The third kappa shape index (κ3) is 10.9. The van der Waals surface area contributed by atoms with Gasteiger partial charge in [-0.2, -0.15) is 5.26 Å². The van der Waals surface area contributed by atoms with E-state index >= 15 is 0 Å². The van der Waals surface area contributed by atoms with Gasteiger partial charge in [0.1, 0.15) is 0 Å². The van der Waals surface area contributed by atoms with E-state index in [4.69, 9.17) is 11.8 Å². The summed E-state index contributed by atoms with van der Waals surface area (Å²) in [5.41, 5.74) is 0. The van der Waals surface area contributed by atoms with Crippen molar-refractivity contribution in [1.82, 2.24) is 10.6 Å². The molecule has 0 aromatic heterocycles. The highest BCUT2D eigenvalue weighted by Gasteiger charge is 1.89. The van der Waals surface area contributed by atoms with Crippen molar-refractivity contribution in [2.45, 2.75) is 12.8 Å². The molecule has 0 atom stereocenters. The van der Waals surface area contributed by atoms with Crippen LogP contribution in [0, 0.1) is 17.9 Å². The van der Waals surface area contributed by atoms with Crippen LogP contribution in [0.1, 0.15) is 12.8 Å². The largest absolute Gasteiger partial charge is 0.316 e. The van der Waals surface area contributed by atoms with Gasteiger partial charge in [0.15, 0.2) is 0 Å². The molecule has 0 amide bonds. The molecule has 0 aliphatic rings. The van der Waals surface area contributed by atoms with E-state index in [1.165, 1.54) is 0 Å². The van der Waals surface area contributed by atoms with Crippen molar-refractivity contribution in [1.29, 1.82) is 5.26 Å². The monoisotopic (exact) mass is 180 g/mol. The predicted molar refractivity (Wildman–Crippen MR) is 52.1 cm³/mol. The smallest absolute Gasteiger partial charge is 0.226 e. The average molecular weight is 180 g/mol. The van der Waals surface area contributed by atoms with E-state index < -0.39 is 0 Å². The molecular formula is C9H16N4. The third-order valence-corrected chi connectivity index (χ3v) is 1.52. The second-order valence-electron chi connectivity index (χ2n) is 2.64. The Morgan fingerprint density at radius 3 is 2.46 bits per heavy atom. The topological polar surface area (TPSA) is 52.2 Å². The molecule has 0 saturated heterocycles. The normalized spacial score (nSPS) is 9.08. The number of nitriles is 1. The summed E-state index contributed by atoms with van der Waals surface area (Å²) in [7, 11) is 0. The number of hydrogen-bond acceptors (Lipinski definition) is 3. The van der Waals surface area contributed by atoms with E-state index in [9.17, 15) is 0 Å². The lowest BCUT2D eigenvalue weighted by atomic mass is 10.4. The highest BCUT2D eigenvalue weighted by molar-refractivity contribution is 4.70. The molecule has 2 N–H and O–H groups in total. The van der Waals surface area contributed by atoms with Crippen LogP contribution in [-0.4, -0.2) is 32.7 Å². The Bertz CT molecular complexity index is 157. The summed E-state index contributed by atoms with van der Waals surface area (Å²) in [6.45, 7) is 10.5. The summed E-state index contributed by atoms with van der Waals surface area (Å²) in [5.74, 6) is 0. The first-order valence-electron chi connectivity index (χ1n) is 4.53. The Hall–Kier alpha value is -1.10. The number of hydrogen-bond donors (Lipinski definition) is 2. The number of rotatable bonds is 8. The molecule has 72 valence electrons. The standard InChI is InChI=1S/C9H16N4/c1-11-8-9-13-7-3-6-12-5-2-4-10/h12-13H,2-3,5-9H2. The molecule has 0 spiro atoms. The molecule has 0 heterocycles. The van der Waals surface area contributed by atoms with Crippen molar-refractivity contribution >= 4 is 0 Å². The van der Waals surface area contributed by atoms with Gasteiger partial charge in [0.2, 0.25) is 6.54 Å². The minimum atomic E-state index is 0.557. The van der Waals surface area contributed by atoms with Crippen LogP contribution in [-0.2, 0) is 0 Å². The minimum Gasteiger partial charge on any atom is -0.316 e. The Balaban J connectivity index is 2.85. The fraction of sp³-hybridized carbons (Fsp3) is 0.778. The molecule has 0 radical (unpaired) electrons. The van der Waals surface area contributed by atoms with Crippen LogP contribution in [0.25, 0.3) is 4.85 Å². The Morgan fingerprint density at radius 1 is 1.15 bits per heavy atom. The molecular weight excluding hydrogens is 164 g/mol. The number of nitrogens with zero attached hydrogens (tertiary/aromatic N) is 2. The maximum Gasteiger partial charge on any atom is 0.226 e. The second-order valence-corrected chi connectivity index (χ2v) is 2.64. The van der Waals surface area contributed by atoms with E-state index in [1.54, 1.807) is 0 Å². The maximum absolute atomic E-state index is 8.24. The van der Waals surface area contributed by atoms with Crippen molar-refractivity contribution in [2.75, 3.05) is 32.7 Å². The summed E-state index contributed by atoms with van der Waals surface area (Å²) in [5, 5.41) is 14.5. The van der Waals surface area contributed by atoms with Crippen LogP contribution in [0.2, 0.25) is 0 Å². The molecule has 0 aliphatic carbocycles. The molecule has 0 fully saturated rings. The summed E-state index contributed by atoms with van der Waals surface area (Å²) < 4.78 is 0. The second kappa shape index (κ2) is 10.9. The molecule has 4 heteroatoms. The SMILES string of the molecule is [C-]#[N+]CCNCCCNCCC#N. The van der Waals surface area contributed by atoms with Gasteiger partial charge >= 0.3 is 0 Å². The minimum absolute atomic E-state index is 0.557. The fourth-order valence-corrected chi connectivity index (χ4v) is 0.868. The molecule has 4 nitrogen and oxygen atoms in total. The van der Waals surface area contributed by atoms with Crippen molar-refractivity contribution < 1.29 is 0 Å². The van der Waals surface area contributed by atoms with Crippen molar-refractivity contribution in [3.05, 3.63) is 11.4 Å². The van der Waals surface area contributed by atoms with Gasteiger partial charge in [-0.05, 0) is 19.5 Å². The first-order chi connectivity index (χ1) is 6.41. The van der Waals surface area contributed by atoms with Gasteiger partial charge in [-0.3, -0.25) is 0 Å². The summed E-state index contributed by atoms with van der Waals surface area (Å²) in [4.78, 5) is 3.23. The number of nitrogens with one attached hydrogen (secondary N) is 2. The first-order valence-corrected chi connectivity index (χ1v) is 4.53. The molecule has 0 unspecified atom stereocenters. The molecule has 0 aromatic rings. The lowest BCUT2D eigenvalue weighted by molar-refractivity contribution is 0.608. The summed E-state index contributed by atoms with van der Waals surface area (Å²) in [6.07, 6.45) is 1.62. The maximum atomic E-state index is 8.24. The van der Waals surface area contributed by atoms with Crippen molar-refractivity contribution in [3.63, 3.8) is 0 Å². The van der Waals surface area contributed by atoms with Crippen molar-refractivity contribution in [2.24, 2.45) is 0 Å². The zero-order valence-corrected chi connectivity index (χ0v) is 7.84. The fourth-order valence-electron chi connectivity index (χ4n) is 0.868. The average Bonchev–Trinajstić information content (AvgIpc) is 2.16. The van der Waals surface area contributed by atoms with E-state index in [1.807, 2.05) is 0 Å². The van der Waals surface area contributed by atoms with Gasteiger partial charge in [-0.1, -0.05) is 0 Å². The van der Waals surface area contributed by atoms with Crippen LogP contribution >= 0.6 is 0 Å². The van der Waals surface area contributed by atoms with Crippen LogP contribution in [0.3, 0.4) is 0 Å². The Morgan fingerprint density at radius 2 is 1.85 bits per heavy atom. The zero-order chi connectivity index (χ0) is 9.78. The lowest BCUT2D eigenvalue weighted by Gasteiger charge is -2.02. The van der Waals surface area contributed by atoms with Gasteiger partial charge < -0.3 is 15.5 Å². The molecule has 13 heavy (non-hydrogen) atoms. The van der Waals surface area contributed by atoms with Gasteiger partial charge in [0, 0.05) is 13.0 Å². The molecule has 0 rings (SSSR count). The van der Waals surface area contributed by atoms with Crippen molar-refractivity contribution in [3.8, 4) is 6.07 Å². The molecule has 0 saturated carbocycles. The quantitative estimate of drug-likeness (QED) is 0.419. The zero-order valence-electron chi connectivity index (χ0n) is 7.84. The Labute approximate surface area is 79.8 Å². The van der Waals surface area contributed by atoms with E-state index in [2.05, 4.69) is 21.5 Å². The predicted octanol–water partition coefficient (Wildman–Crippen LogP) is 0.389. The van der Waals surface area contributed by atoms with Gasteiger partial charge in [-0.25, -0.2) is 6.57 Å². The van der Waals surface area contributed by atoms with Crippen LogP contribution in [0.4, 0.5) is 0 Å². The third-order valence-electron chi connectivity index (χ3n) is 1.52. The van der Waals surface area contributed by atoms with Gasteiger partial charge in [0.25, 0.3) is 0 Å². The van der Waals surface area contributed by atoms with E-state index in [-0.39, 0.29) is 0 Å². The molecule has 0 aromatic carbocycles. The molecule has 0 aliphatic heterocycles.